The van der Waals surface area contributed by atoms with Gasteiger partial charge in [-0.05, 0) is 49.4 Å². The van der Waals surface area contributed by atoms with Gasteiger partial charge in [0.25, 0.3) is 11.8 Å². The second kappa shape index (κ2) is 11.3. The fraction of sp³-hybridized carbons (Fsp3) is 0.423. The molecule has 3 atom stereocenters. The second-order valence-electron chi connectivity index (χ2n) is 8.94. The molecular weight excluding hydrogens is 453 g/mol. The maximum absolute atomic E-state index is 13.4. The van der Waals surface area contributed by atoms with Crippen LogP contribution in [0, 0.1) is 11.7 Å². The molecule has 0 fully saturated rings. The van der Waals surface area contributed by atoms with Gasteiger partial charge in [-0.25, -0.2) is 4.39 Å². The molecule has 1 heterocycles. The molecule has 1 aliphatic rings. The number of anilines is 1. The second-order valence-corrected chi connectivity index (χ2v) is 8.94. The average molecular weight is 486 g/mol. The van der Waals surface area contributed by atoms with Crippen molar-refractivity contribution in [1.82, 2.24) is 9.80 Å². The molecule has 2 aromatic carbocycles. The van der Waals surface area contributed by atoms with Gasteiger partial charge in [-0.15, -0.1) is 0 Å². The van der Waals surface area contributed by atoms with Crippen molar-refractivity contribution < 1.29 is 28.2 Å². The first-order valence-corrected chi connectivity index (χ1v) is 11.5. The Morgan fingerprint density at radius 1 is 1.11 bits per heavy atom. The van der Waals surface area contributed by atoms with Gasteiger partial charge >= 0.3 is 0 Å². The van der Waals surface area contributed by atoms with Crippen LogP contribution in [0.5, 0.6) is 5.75 Å². The molecule has 0 aliphatic carbocycles. The van der Waals surface area contributed by atoms with Gasteiger partial charge < -0.3 is 24.6 Å². The van der Waals surface area contributed by atoms with Gasteiger partial charge in [-0.2, -0.15) is 0 Å². The van der Waals surface area contributed by atoms with Crippen molar-refractivity contribution in [1.29, 1.82) is 0 Å². The molecule has 0 saturated carbocycles. The van der Waals surface area contributed by atoms with Crippen LogP contribution in [-0.4, -0.2) is 73.5 Å². The molecule has 0 aromatic heterocycles. The summed E-state index contributed by atoms with van der Waals surface area (Å²) in [7, 11) is 3.26. The Morgan fingerprint density at radius 3 is 2.43 bits per heavy atom. The van der Waals surface area contributed by atoms with E-state index >= 15 is 0 Å². The Labute approximate surface area is 205 Å². The van der Waals surface area contributed by atoms with Gasteiger partial charge in [0.1, 0.15) is 18.2 Å². The Bertz CT molecular complexity index is 1080. The van der Waals surface area contributed by atoms with E-state index < -0.39 is 11.7 Å². The number of carbonyl (C=O) groups is 3. The number of ether oxygens (including phenoxy) is 2. The summed E-state index contributed by atoms with van der Waals surface area (Å²) < 4.78 is 24.8. The number of halogens is 1. The maximum Gasteiger partial charge on any atom is 0.257 e. The van der Waals surface area contributed by atoms with Crippen LogP contribution >= 0.6 is 0 Å². The van der Waals surface area contributed by atoms with Crippen molar-refractivity contribution in [3.8, 4) is 5.75 Å². The number of rotatable bonds is 3. The third-order valence-corrected chi connectivity index (χ3v) is 6.21. The summed E-state index contributed by atoms with van der Waals surface area (Å²) in [6.07, 6.45) is -0.289. The van der Waals surface area contributed by atoms with E-state index in [0.29, 0.717) is 24.5 Å². The fourth-order valence-electron chi connectivity index (χ4n) is 4.10. The van der Waals surface area contributed by atoms with E-state index in [-0.39, 0.29) is 47.6 Å². The van der Waals surface area contributed by atoms with Crippen LogP contribution in [0.1, 0.15) is 41.5 Å². The van der Waals surface area contributed by atoms with Crippen molar-refractivity contribution in [2.75, 3.05) is 39.2 Å². The van der Waals surface area contributed by atoms with Crippen LogP contribution in [0.4, 0.5) is 10.1 Å². The molecule has 0 spiro atoms. The highest BCUT2D eigenvalue weighted by Gasteiger charge is 2.29. The molecular formula is C26H32FN3O5. The quantitative estimate of drug-likeness (QED) is 0.720. The third kappa shape index (κ3) is 6.36. The molecule has 8 nitrogen and oxygen atoms in total. The number of amides is 3. The summed E-state index contributed by atoms with van der Waals surface area (Å²) in [5.74, 6) is -0.902. The van der Waals surface area contributed by atoms with Crippen molar-refractivity contribution in [3.05, 3.63) is 59.4 Å². The molecule has 3 amide bonds. The summed E-state index contributed by atoms with van der Waals surface area (Å²) in [5.41, 5.74) is 0.952. The number of hydrogen-bond acceptors (Lipinski definition) is 5. The monoisotopic (exact) mass is 485 g/mol. The van der Waals surface area contributed by atoms with Gasteiger partial charge in [0, 0.05) is 51.3 Å². The zero-order chi connectivity index (χ0) is 25.7. The van der Waals surface area contributed by atoms with Gasteiger partial charge in [0.15, 0.2) is 0 Å². The minimum atomic E-state index is -0.437. The lowest BCUT2D eigenvalue weighted by atomic mass is 10.0. The Hall–Kier alpha value is -3.46. The summed E-state index contributed by atoms with van der Waals surface area (Å²) >= 11 is 0. The molecule has 0 bridgehead atoms. The van der Waals surface area contributed by atoms with Crippen LogP contribution in [0.25, 0.3) is 0 Å². The first kappa shape index (κ1) is 26.2. The first-order valence-electron chi connectivity index (χ1n) is 11.5. The van der Waals surface area contributed by atoms with E-state index in [9.17, 15) is 18.8 Å². The molecule has 2 aromatic rings. The molecule has 188 valence electrons. The van der Waals surface area contributed by atoms with E-state index in [4.69, 9.17) is 9.47 Å². The Kier molecular flexibility index (Phi) is 8.45. The van der Waals surface area contributed by atoms with Gasteiger partial charge in [-0.3, -0.25) is 14.4 Å². The highest BCUT2D eigenvalue weighted by molar-refractivity contribution is 6.05. The number of benzene rings is 2. The van der Waals surface area contributed by atoms with Crippen LogP contribution in [0.2, 0.25) is 0 Å². The smallest absolute Gasteiger partial charge is 0.257 e. The molecule has 0 unspecified atom stereocenters. The number of fused-ring (bicyclic) bond motifs is 1. The van der Waals surface area contributed by atoms with E-state index in [1.807, 2.05) is 13.8 Å². The molecule has 3 rings (SSSR count). The van der Waals surface area contributed by atoms with Crippen LogP contribution in [-0.2, 0) is 9.53 Å². The lowest BCUT2D eigenvalue weighted by Gasteiger charge is -2.35. The molecule has 35 heavy (non-hydrogen) atoms. The van der Waals surface area contributed by atoms with Crippen LogP contribution < -0.4 is 10.1 Å². The SMILES string of the molecule is CO[C@H]1CN(C)C(=O)c2cc(NC(=O)c3ccc(F)cc3)ccc2OC[C@@H](C)N(C(C)=O)C[C@@H]1C. The topological polar surface area (TPSA) is 88.2 Å². The van der Waals surface area contributed by atoms with Crippen LogP contribution in [0.3, 0.4) is 0 Å². The van der Waals surface area contributed by atoms with E-state index in [1.165, 1.54) is 31.2 Å². The fourth-order valence-corrected chi connectivity index (χ4v) is 4.10. The average Bonchev–Trinajstić information content (AvgIpc) is 2.83. The van der Waals surface area contributed by atoms with Gasteiger partial charge in [-0.1, -0.05) is 6.92 Å². The van der Waals surface area contributed by atoms with E-state index in [0.717, 1.165) is 0 Å². The molecule has 0 radical (unpaired) electrons. The predicted molar refractivity (Wildman–Crippen MR) is 130 cm³/mol. The van der Waals surface area contributed by atoms with Crippen LogP contribution in [0.15, 0.2) is 42.5 Å². The summed E-state index contributed by atoms with van der Waals surface area (Å²) in [6.45, 7) is 6.38. The number of nitrogens with zero attached hydrogens (tertiary/aromatic N) is 2. The van der Waals surface area contributed by atoms with E-state index in [2.05, 4.69) is 5.32 Å². The number of hydrogen-bond donors (Lipinski definition) is 1. The third-order valence-electron chi connectivity index (χ3n) is 6.21. The zero-order valence-corrected chi connectivity index (χ0v) is 20.7. The van der Waals surface area contributed by atoms with Crippen molar-refractivity contribution in [2.45, 2.75) is 32.9 Å². The summed E-state index contributed by atoms with van der Waals surface area (Å²) in [4.78, 5) is 41.6. The predicted octanol–water partition coefficient (Wildman–Crippen LogP) is 3.43. The number of nitrogens with one attached hydrogen (secondary N) is 1. The minimum absolute atomic E-state index is 0.0261. The first-order chi connectivity index (χ1) is 16.6. The standard InChI is InChI=1S/C26H32FN3O5/c1-16-13-30(18(3)31)17(2)15-35-23-11-10-21(28-25(32)19-6-8-20(27)9-7-19)12-22(23)26(33)29(4)14-24(16)34-5/h6-12,16-17,24H,13-15H2,1-5H3,(H,28,32)/t16-,17+,24-/m0/s1. The number of carbonyl (C=O) groups excluding carboxylic acids is 3. The lowest BCUT2D eigenvalue weighted by molar-refractivity contribution is -0.133. The number of methoxy groups -OCH3 is 1. The van der Waals surface area contributed by atoms with Crippen molar-refractivity contribution in [3.63, 3.8) is 0 Å². The molecule has 0 saturated heterocycles. The molecule has 1 N–H and O–H groups in total. The van der Waals surface area contributed by atoms with Crippen molar-refractivity contribution >= 4 is 23.4 Å². The highest BCUT2D eigenvalue weighted by atomic mass is 19.1. The Balaban J connectivity index is 1.93. The molecule has 1 aliphatic heterocycles. The Morgan fingerprint density at radius 2 is 1.80 bits per heavy atom. The van der Waals surface area contributed by atoms with Gasteiger partial charge in [0.2, 0.25) is 5.91 Å². The number of likely N-dealkylation sites (N-methyl/N-ethyl adjacent to an activating group) is 1. The van der Waals surface area contributed by atoms with Crippen molar-refractivity contribution in [2.24, 2.45) is 5.92 Å². The largest absolute Gasteiger partial charge is 0.491 e. The van der Waals surface area contributed by atoms with Gasteiger partial charge in [0.05, 0.1) is 17.7 Å². The van der Waals surface area contributed by atoms with E-state index in [1.54, 1.807) is 42.2 Å². The summed E-state index contributed by atoms with van der Waals surface area (Å²) in [5, 5.41) is 2.74. The maximum atomic E-state index is 13.4. The minimum Gasteiger partial charge on any atom is -0.491 e. The zero-order valence-electron chi connectivity index (χ0n) is 20.7. The lowest BCUT2D eigenvalue weighted by Crippen LogP contribution is -2.48. The molecule has 9 heteroatoms. The highest BCUT2D eigenvalue weighted by Crippen LogP contribution is 2.27. The summed E-state index contributed by atoms with van der Waals surface area (Å²) in [6, 6.07) is 9.76. The normalized spacial score (nSPS) is 21.3.